The Hall–Kier alpha value is -1.96. The largest absolute Gasteiger partial charge is 0.379 e. The van der Waals surface area contributed by atoms with Crippen molar-refractivity contribution in [2.24, 2.45) is 17.3 Å². The molecular weight excluding hydrogens is 260 g/mol. The number of nitrogens with one attached hydrogen (secondary N) is 2. The van der Waals surface area contributed by atoms with Gasteiger partial charge < -0.3 is 10.1 Å². The van der Waals surface area contributed by atoms with Gasteiger partial charge in [-0.3, -0.25) is 14.9 Å². The molecule has 0 bridgehead atoms. The highest BCUT2D eigenvalue weighted by Crippen LogP contribution is 2.37. The summed E-state index contributed by atoms with van der Waals surface area (Å²) in [5.74, 6) is -3.14. The summed E-state index contributed by atoms with van der Waals surface area (Å²) in [4.78, 5) is 22.5. The van der Waals surface area contributed by atoms with Gasteiger partial charge in [-0.15, -0.1) is 0 Å². The van der Waals surface area contributed by atoms with Crippen molar-refractivity contribution >= 4 is 11.8 Å². The molecule has 2 atom stereocenters. The number of carbonyl (C=O) groups excluding carboxylic acids is 2. The predicted octanol–water partition coefficient (Wildman–Crippen LogP) is -0.445. The molecule has 108 valence electrons. The Morgan fingerprint density at radius 3 is 1.80 bits per heavy atom. The zero-order chi connectivity index (χ0) is 15.2. The molecule has 0 aromatic carbocycles. The van der Waals surface area contributed by atoms with Crippen LogP contribution < -0.4 is 10.6 Å². The van der Waals surface area contributed by atoms with Crippen molar-refractivity contribution in [1.29, 1.82) is 10.5 Å². The number of rotatable bonds is 0. The van der Waals surface area contributed by atoms with Crippen molar-refractivity contribution in [2.75, 3.05) is 26.3 Å². The smallest absolute Gasteiger partial charge is 0.244 e. The van der Waals surface area contributed by atoms with Crippen LogP contribution >= 0.6 is 0 Å². The summed E-state index contributed by atoms with van der Waals surface area (Å²) >= 11 is 0. The van der Waals surface area contributed by atoms with Crippen molar-refractivity contribution in [3.8, 4) is 12.1 Å². The maximum atomic E-state index is 11.2. The molecule has 2 amide bonds. The Morgan fingerprint density at radius 2 is 1.55 bits per heavy atom. The van der Waals surface area contributed by atoms with Gasteiger partial charge in [0.15, 0.2) is 0 Å². The molecule has 0 aromatic rings. The van der Waals surface area contributed by atoms with Gasteiger partial charge in [0.1, 0.15) is 11.8 Å². The molecule has 0 aliphatic carbocycles. The van der Waals surface area contributed by atoms with Crippen LogP contribution in [0, 0.1) is 39.9 Å². The third-order valence-electron chi connectivity index (χ3n) is 3.36. The van der Waals surface area contributed by atoms with E-state index in [2.05, 4.69) is 5.32 Å². The first-order valence-corrected chi connectivity index (χ1v) is 6.37. The Bertz CT molecular complexity index is 412. The molecule has 2 heterocycles. The van der Waals surface area contributed by atoms with E-state index in [0.29, 0.717) is 0 Å². The molecule has 0 saturated carbocycles. The summed E-state index contributed by atoms with van der Waals surface area (Å²) in [6, 6.07) is 3.63. The van der Waals surface area contributed by atoms with Crippen molar-refractivity contribution in [3.63, 3.8) is 0 Å². The van der Waals surface area contributed by atoms with Gasteiger partial charge in [0.2, 0.25) is 11.8 Å². The standard InChI is InChI=1S/C9H9N3O2.C4H9NO/c1-9(2)5(3-10)7(13)12-8(14)6(9)4-11;1-3-6-4-2-5-1/h5-6H,1-2H3,(H,12,13,14);5H,1-4H2. The zero-order valence-electron chi connectivity index (χ0n) is 11.6. The second-order valence-corrected chi connectivity index (χ2v) is 5.16. The molecule has 20 heavy (non-hydrogen) atoms. The second kappa shape index (κ2) is 6.99. The van der Waals surface area contributed by atoms with Crippen LogP contribution in [-0.2, 0) is 14.3 Å². The lowest BCUT2D eigenvalue weighted by molar-refractivity contribution is -0.143. The maximum Gasteiger partial charge on any atom is 0.244 e. The van der Waals surface area contributed by atoms with Gasteiger partial charge in [0.25, 0.3) is 0 Å². The topological polar surface area (TPSA) is 115 Å². The van der Waals surface area contributed by atoms with Crippen LogP contribution in [0.4, 0.5) is 0 Å². The minimum absolute atomic E-state index is 0.617. The molecule has 2 fully saturated rings. The van der Waals surface area contributed by atoms with Crippen LogP contribution in [0.3, 0.4) is 0 Å². The highest BCUT2D eigenvalue weighted by Gasteiger charge is 2.50. The van der Waals surface area contributed by atoms with Crippen LogP contribution in [0.15, 0.2) is 0 Å². The molecular formula is C13H18N4O3. The van der Waals surface area contributed by atoms with Crippen LogP contribution in [0.2, 0.25) is 0 Å². The first-order chi connectivity index (χ1) is 9.45. The molecule has 2 aliphatic heterocycles. The number of nitrogens with zero attached hydrogens (tertiary/aromatic N) is 2. The number of hydrogen-bond acceptors (Lipinski definition) is 6. The Morgan fingerprint density at radius 1 is 1.10 bits per heavy atom. The quantitative estimate of drug-likeness (QED) is 0.580. The molecule has 2 aliphatic rings. The third-order valence-corrected chi connectivity index (χ3v) is 3.36. The fraction of sp³-hybridized carbons (Fsp3) is 0.692. The lowest BCUT2D eigenvalue weighted by Crippen LogP contribution is -2.55. The molecule has 2 saturated heterocycles. The lowest BCUT2D eigenvalue weighted by Gasteiger charge is -2.36. The van der Waals surface area contributed by atoms with E-state index in [4.69, 9.17) is 15.3 Å². The molecule has 0 aromatic heterocycles. The second-order valence-electron chi connectivity index (χ2n) is 5.16. The van der Waals surface area contributed by atoms with Gasteiger partial charge in [-0.05, 0) is 0 Å². The molecule has 0 spiro atoms. The average molecular weight is 278 g/mol. The predicted molar refractivity (Wildman–Crippen MR) is 68.8 cm³/mol. The van der Waals surface area contributed by atoms with E-state index in [1.807, 2.05) is 17.5 Å². The van der Waals surface area contributed by atoms with E-state index in [-0.39, 0.29) is 0 Å². The summed E-state index contributed by atoms with van der Waals surface area (Å²) in [7, 11) is 0. The van der Waals surface area contributed by atoms with Crippen LogP contribution in [0.5, 0.6) is 0 Å². The highest BCUT2D eigenvalue weighted by atomic mass is 16.5. The number of nitriles is 2. The molecule has 7 nitrogen and oxygen atoms in total. The zero-order valence-corrected chi connectivity index (χ0v) is 11.6. The van der Waals surface area contributed by atoms with Gasteiger partial charge in [-0.25, -0.2) is 0 Å². The van der Waals surface area contributed by atoms with Crippen molar-refractivity contribution < 1.29 is 14.3 Å². The number of carbonyl (C=O) groups is 2. The first kappa shape index (κ1) is 16.1. The fourth-order valence-corrected chi connectivity index (χ4v) is 2.07. The van der Waals surface area contributed by atoms with Gasteiger partial charge in [-0.1, -0.05) is 13.8 Å². The number of ether oxygens (including phenoxy) is 1. The number of morpholine rings is 1. The first-order valence-electron chi connectivity index (χ1n) is 6.37. The van der Waals surface area contributed by atoms with E-state index in [1.165, 1.54) is 0 Å². The van der Waals surface area contributed by atoms with Gasteiger partial charge in [0.05, 0.1) is 25.4 Å². The lowest BCUT2D eigenvalue weighted by atomic mass is 9.67. The van der Waals surface area contributed by atoms with E-state index >= 15 is 0 Å². The number of amides is 2. The van der Waals surface area contributed by atoms with Crippen molar-refractivity contribution in [2.45, 2.75) is 13.8 Å². The summed E-state index contributed by atoms with van der Waals surface area (Å²) in [6.07, 6.45) is 0. The summed E-state index contributed by atoms with van der Waals surface area (Å²) in [6.45, 7) is 6.98. The monoisotopic (exact) mass is 278 g/mol. The maximum absolute atomic E-state index is 11.2. The van der Waals surface area contributed by atoms with E-state index in [1.54, 1.807) is 13.8 Å². The fourth-order valence-electron chi connectivity index (χ4n) is 2.07. The summed E-state index contributed by atoms with van der Waals surface area (Å²) in [5, 5.41) is 22.7. The van der Waals surface area contributed by atoms with Crippen LogP contribution in [0.1, 0.15) is 13.8 Å². The Balaban J connectivity index is 0.000000276. The van der Waals surface area contributed by atoms with E-state index < -0.39 is 29.1 Å². The number of piperidine rings is 1. The number of hydrogen-bond donors (Lipinski definition) is 2. The van der Waals surface area contributed by atoms with E-state index in [9.17, 15) is 9.59 Å². The normalized spacial score (nSPS) is 28.2. The SMILES string of the molecule is C1COCCN1.CC1(C)C(C#N)C(=O)NC(=O)C1C#N. The van der Waals surface area contributed by atoms with Gasteiger partial charge in [-0.2, -0.15) is 10.5 Å². The Kier molecular flexibility index (Phi) is 5.63. The van der Waals surface area contributed by atoms with E-state index in [0.717, 1.165) is 26.3 Å². The van der Waals surface area contributed by atoms with Gasteiger partial charge in [0, 0.05) is 18.5 Å². The molecule has 2 unspecified atom stereocenters. The highest BCUT2D eigenvalue weighted by molar-refractivity contribution is 6.02. The summed E-state index contributed by atoms with van der Waals surface area (Å²) in [5.41, 5.74) is -0.928. The van der Waals surface area contributed by atoms with Gasteiger partial charge >= 0.3 is 0 Å². The minimum Gasteiger partial charge on any atom is -0.379 e. The summed E-state index contributed by atoms with van der Waals surface area (Å²) < 4.78 is 5.01. The molecule has 7 heteroatoms. The average Bonchev–Trinajstić information content (AvgIpc) is 2.41. The van der Waals surface area contributed by atoms with Crippen molar-refractivity contribution in [3.05, 3.63) is 0 Å². The van der Waals surface area contributed by atoms with Crippen molar-refractivity contribution in [1.82, 2.24) is 10.6 Å². The molecule has 2 N–H and O–H groups in total. The van der Waals surface area contributed by atoms with Crippen LogP contribution in [0.25, 0.3) is 0 Å². The number of imide groups is 1. The minimum atomic E-state index is -0.954. The van der Waals surface area contributed by atoms with Crippen LogP contribution in [-0.4, -0.2) is 38.1 Å². The molecule has 0 radical (unpaired) electrons. The molecule has 2 rings (SSSR count). The third kappa shape index (κ3) is 3.53. The Labute approximate surface area is 117 Å².